The van der Waals surface area contributed by atoms with E-state index in [2.05, 4.69) is 4.90 Å². The Morgan fingerprint density at radius 3 is 1.78 bits per heavy atom. The van der Waals surface area contributed by atoms with Gasteiger partial charge in [-0.05, 0) is 38.8 Å². The second-order valence-corrected chi connectivity index (χ2v) is 6.62. The van der Waals surface area contributed by atoms with Crippen LogP contribution in [0.2, 0.25) is 0 Å². The quantitative estimate of drug-likeness (QED) is 0.777. The summed E-state index contributed by atoms with van der Waals surface area (Å²) in [4.78, 5) is 2.65. The van der Waals surface area contributed by atoms with Crippen LogP contribution in [-0.4, -0.2) is 36.2 Å². The zero-order valence-electron chi connectivity index (χ0n) is 12.0. The van der Waals surface area contributed by atoms with Gasteiger partial charge in [0, 0.05) is 18.6 Å². The van der Waals surface area contributed by atoms with Crippen LogP contribution >= 0.6 is 0 Å². The second-order valence-electron chi connectivity index (χ2n) is 6.62. The first-order chi connectivity index (χ1) is 8.85. The molecule has 18 heavy (non-hydrogen) atoms. The lowest BCUT2D eigenvalue weighted by Crippen LogP contribution is -2.41. The van der Waals surface area contributed by atoms with Gasteiger partial charge in [0.1, 0.15) is 0 Å². The maximum Gasteiger partial charge on any atom is 0.0499 e. The van der Waals surface area contributed by atoms with E-state index in [1.165, 1.54) is 83.7 Å². The molecule has 0 spiro atoms. The Hall–Kier alpha value is -0.0800. The minimum Gasteiger partial charge on any atom is -0.396 e. The number of aliphatic hydroxyl groups is 1. The SMILES string of the molecule is OCC1(CN2CCCCCCC2)CCCCCC1. The summed E-state index contributed by atoms with van der Waals surface area (Å²) in [5.74, 6) is 0. The van der Waals surface area contributed by atoms with E-state index >= 15 is 0 Å². The molecule has 106 valence electrons. The zero-order valence-corrected chi connectivity index (χ0v) is 12.0. The number of aliphatic hydroxyl groups excluding tert-OH is 1. The van der Waals surface area contributed by atoms with Gasteiger partial charge in [0.25, 0.3) is 0 Å². The van der Waals surface area contributed by atoms with Gasteiger partial charge in [0.05, 0.1) is 0 Å². The third kappa shape index (κ3) is 4.24. The Bertz CT molecular complexity index is 213. The predicted molar refractivity (Wildman–Crippen MR) is 76.7 cm³/mol. The molecule has 2 rings (SSSR count). The minimum absolute atomic E-state index is 0.232. The maximum absolute atomic E-state index is 9.90. The van der Waals surface area contributed by atoms with Crippen molar-refractivity contribution in [1.29, 1.82) is 0 Å². The van der Waals surface area contributed by atoms with Crippen LogP contribution < -0.4 is 0 Å². The standard InChI is InChI=1S/C16H31NO/c18-15-16(10-6-2-3-7-11-16)14-17-12-8-4-1-5-9-13-17/h18H,1-15H2. The van der Waals surface area contributed by atoms with Crippen molar-refractivity contribution >= 4 is 0 Å². The first-order valence-electron chi connectivity index (χ1n) is 8.18. The summed E-state index contributed by atoms with van der Waals surface area (Å²) in [6, 6.07) is 0. The normalized spacial score (nSPS) is 27.2. The van der Waals surface area contributed by atoms with Crippen LogP contribution in [0.15, 0.2) is 0 Å². The highest BCUT2D eigenvalue weighted by Crippen LogP contribution is 2.35. The molecule has 0 aromatic carbocycles. The van der Waals surface area contributed by atoms with Crippen molar-refractivity contribution in [2.45, 2.75) is 70.6 Å². The van der Waals surface area contributed by atoms with E-state index in [4.69, 9.17) is 0 Å². The molecule has 2 heteroatoms. The first kappa shape index (κ1) is 14.3. The van der Waals surface area contributed by atoms with Crippen molar-refractivity contribution in [2.24, 2.45) is 5.41 Å². The zero-order chi connectivity index (χ0) is 12.7. The highest BCUT2D eigenvalue weighted by molar-refractivity contribution is 4.84. The van der Waals surface area contributed by atoms with Crippen LogP contribution in [0.1, 0.15) is 70.6 Å². The minimum atomic E-state index is 0.232. The molecule has 1 saturated heterocycles. The number of rotatable bonds is 3. The van der Waals surface area contributed by atoms with Crippen molar-refractivity contribution in [3.8, 4) is 0 Å². The molecular formula is C16H31NO. The summed E-state index contributed by atoms with van der Waals surface area (Å²) in [6.07, 6.45) is 14.9. The Kier molecular flexibility index (Phi) is 5.97. The van der Waals surface area contributed by atoms with Crippen LogP contribution in [-0.2, 0) is 0 Å². The van der Waals surface area contributed by atoms with Crippen molar-refractivity contribution in [3.05, 3.63) is 0 Å². The van der Waals surface area contributed by atoms with Crippen molar-refractivity contribution < 1.29 is 5.11 Å². The van der Waals surface area contributed by atoms with Crippen molar-refractivity contribution in [1.82, 2.24) is 4.90 Å². The molecule has 0 atom stereocenters. The van der Waals surface area contributed by atoms with E-state index in [9.17, 15) is 5.11 Å². The highest BCUT2D eigenvalue weighted by Gasteiger charge is 2.32. The average Bonchev–Trinajstić information content (AvgIpc) is 2.59. The number of nitrogens with zero attached hydrogens (tertiary/aromatic N) is 1. The van der Waals surface area contributed by atoms with Gasteiger partial charge in [-0.25, -0.2) is 0 Å². The molecule has 0 radical (unpaired) electrons. The Morgan fingerprint density at radius 2 is 1.22 bits per heavy atom. The lowest BCUT2D eigenvalue weighted by Gasteiger charge is -2.37. The smallest absolute Gasteiger partial charge is 0.0499 e. The summed E-state index contributed by atoms with van der Waals surface area (Å²) >= 11 is 0. The molecule has 1 aliphatic heterocycles. The summed E-state index contributed by atoms with van der Waals surface area (Å²) in [6.45, 7) is 4.09. The molecule has 1 aliphatic carbocycles. The topological polar surface area (TPSA) is 23.5 Å². The molecule has 2 fully saturated rings. The van der Waals surface area contributed by atoms with E-state index in [0.717, 1.165) is 6.54 Å². The van der Waals surface area contributed by atoms with Crippen LogP contribution in [0.4, 0.5) is 0 Å². The fraction of sp³-hybridized carbons (Fsp3) is 1.00. The maximum atomic E-state index is 9.90. The second kappa shape index (κ2) is 7.49. The van der Waals surface area contributed by atoms with Gasteiger partial charge >= 0.3 is 0 Å². The number of likely N-dealkylation sites (tertiary alicyclic amines) is 1. The lowest BCUT2D eigenvalue weighted by molar-refractivity contribution is 0.0562. The third-order valence-corrected chi connectivity index (χ3v) is 5.01. The lowest BCUT2D eigenvalue weighted by atomic mass is 9.80. The molecule has 1 N–H and O–H groups in total. The monoisotopic (exact) mass is 253 g/mol. The molecule has 1 saturated carbocycles. The van der Waals surface area contributed by atoms with Gasteiger partial charge in [-0.15, -0.1) is 0 Å². The van der Waals surface area contributed by atoms with Crippen LogP contribution in [0.5, 0.6) is 0 Å². The van der Waals surface area contributed by atoms with Gasteiger partial charge in [-0.3, -0.25) is 0 Å². The van der Waals surface area contributed by atoms with Crippen molar-refractivity contribution in [3.63, 3.8) is 0 Å². The summed E-state index contributed by atoms with van der Waals surface area (Å²) in [7, 11) is 0. The van der Waals surface area contributed by atoms with Gasteiger partial charge in [-0.2, -0.15) is 0 Å². The predicted octanol–water partition coefficient (Wildman–Crippen LogP) is 3.59. The van der Waals surface area contributed by atoms with Gasteiger partial charge in [0.15, 0.2) is 0 Å². The van der Waals surface area contributed by atoms with Gasteiger partial charge < -0.3 is 10.0 Å². The van der Waals surface area contributed by atoms with E-state index in [1.54, 1.807) is 0 Å². The number of hydrogen-bond acceptors (Lipinski definition) is 2. The molecule has 0 amide bonds. The van der Waals surface area contributed by atoms with E-state index in [0.29, 0.717) is 6.61 Å². The molecule has 0 bridgehead atoms. The fourth-order valence-corrected chi connectivity index (χ4v) is 3.79. The van der Waals surface area contributed by atoms with Crippen molar-refractivity contribution in [2.75, 3.05) is 26.2 Å². The molecule has 2 aliphatic rings. The molecule has 0 aromatic rings. The largest absolute Gasteiger partial charge is 0.396 e. The van der Waals surface area contributed by atoms with Crippen LogP contribution in [0.3, 0.4) is 0 Å². The van der Waals surface area contributed by atoms with E-state index in [1.807, 2.05) is 0 Å². The first-order valence-corrected chi connectivity index (χ1v) is 8.18. The Balaban J connectivity index is 1.90. The Labute approximate surface area is 113 Å². The molecule has 0 unspecified atom stereocenters. The van der Waals surface area contributed by atoms with Crippen LogP contribution in [0, 0.1) is 5.41 Å². The van der Waals surface area contributed by atoms with Crippen LogP contribution in [0.25, 0.3) is 0 Å². The molecular weight excluding hydrogens is 222 g/mol. The Morgan fingerprint density at radius 1 is 0.722 bits per heavy atom. The number of hydrogen-bond donors (Lipinski definition) is 1. The van der Waals surface area contributed by atoms with E-state index in [-0.39, 0.29) is 5.41 Å². The highest BCUT2D eigenvalue weighted by atomic mass is 16.3. The molecule has 2 nitrogen and oxygen atoms in total. The molecule has 0 aromatic heterocycles. The third-order valence-electron chi connectivity index (χ3n) is 5.01. The summed E-state index contributed by atoms with van der Waals surface area (Å²) in [5.41, 5.74) is 0.232. The average molecular weight is 253 g/mol. The summed E-state index contributed by atoms with van der Waals surface area (Å²) in [5, 5.41) is 9.90. The molecule has 1 heterocycles. The van der Waals surface area contributed by atoms with Gasteiger partial charge in [0.2, 0.25) is 0 Å². The van der Waals surface area contributed by atoms with Gasteiger partial charge in [-0.1, -0.05) is 44.9 Å². The fourth-order valence-electron chi connectivity index (χ4n) is 3.79. The van der Waals surface area contributed by atoms with E-state index < -0.39 is 0 Å². The summed E-state index contributed by atoms with van der Waals surface area (Å²) < 4.78 is 0.